The molecule has 0 bridgehead atoms. The van der Waals surface area contributed by atoms with E-state index in [1.807, 2.05) is 41.5 Å². The van der Waals surface area contributed by atoms with E-state index in [1.165, 1.54) is 0 Å². The average molecular weight is 388 g/mol. The van der Waals surface area contributed by atoms with Crippen LogP contribution in [-0.2, 0) is 22.7 Å². The fourth-order valence-corrected chi connectivity index (χ4v) is 3.76. The summed E-state index contributed by atoms with van der Waals surface area (Å²) in [6, 6.07) is 7.24. The van der Waals surface area contributed by atoms with Gasteiger partial charge < -0.3 is 15.4 Å². The Bertz CT molecular complexity index is 808. The van der Waals surface area contributed by atoms with Crippen molar-refractivity contribution in [1.82, 2.24) is 20.5 Å². The number of aryl methyl sites for hydroxylation is 1. The lowest BCUT2D eigenvalue weighted by molar-refractivity contribution is -0.134. The molecule has 1 aliphatic rings. The van der Waals surface area contributed by atoms with Crippen molar-refractivity contribution in [1.29, 1.82) is 0 Å². The maximum atomic E-state index is 12.4. The third-order valence-corrected chi connectivity index (χ3v) is 5.34. The van der Waals surface area contributed by atoms with Gasteiger partial charge in [-0.25, -0.2) is 4.98 Å². The molecule has 1 aliphatic heterocycles. The second kappa shape index (κ2) is 8.96. The first kappa shape index (κ1) is 19.3. The van der Waals surface area contributed by atoms with Crippen molar-refractivity contribution in [2.75, 3.05) is 20.2 Å². The largest absolute Gasteiger partial charge is 0.496 e. The van der Waals surface area contributed by atoms with Crippen molar-refractivity contribution in [3.8, 4) is 5.75 Å². The van der Waals surface area contributed by atoms with Gasteiger partial charge in [-0.3, -0.25) is 14.5 Å². The molecular weight excluding hydrogens is 364 g/mol. The summed E-state index contributed by atoms with van der Waals surface area (Å²) in [5, 5.41) is 8.61. The van der Waals surface area contributed by atoms with Gasteiger partial charge in [-0.05, 0) is 13.0 Å². The van der Waals surface area contributed by atoms with Crippen LogP contribution in [0.5, 0.6) is 5.75 Å². The number of nitrogens with zero attached hydrogens (tertiary/aromatic N) is 2. The summed E-state index contributed by atoms with van der Waals surface area (Å²) >= 11 is 1.55. The first-order valence-electron chi connectivity index (χ1n) is 8.88. The molecule has 0 radical (unpaired) electrons. The van der Waals surface area contributed by atoms with E-state index in [0.717, 1.165) is 22.0 Å². The molecule has 7 nitrogen and oxygen atoms in total. The summed E-state index contributed by atoms with van der Waals surface area (Å²) in [5.41, 5.74) is 1.84. The van der Waals surface area contributed by atoms with Gasteiger partial charge in [0.05, 0.1) is 36.8 Å². The third kappa shape index (κ3) is 5.05. The van der Waals surface area contributed by atoms with Gasteiger partial charge in [0.25, 0.3) is 0 Å². The maximum Gasteiger partial charge on any atom is 0.237 e. The number of carbonyl (C=O) groups is 2. The topological polar surface area (TPSA) is 83.6 Å². The van der Waals surface area contributed by atoms with Crippen molar-refractivity contribution in [2.45, 2.75) is 32.5 Å². The van der Waals surface area contributed by atoms with E-state index in [4.69, 9.17) is 4.74 Å². The van der Waals surface area contributed by atoms with Crippen LogP contribution in [0.1, 0.15) is 22.7 Å². The molecule has 0 unspecified atom stereocenters. The normalized spacial score (nSPS) is 17.4. The molecule has 8 heteroatoms. The van der Waals surface area contributed by atoms with E-state index in [2.05, 4.69) is 15.6 Å². The first-order valence-corrected chi connectivity index (χ1v) is 9.76. The van der Waals surface area contributed by atoms with Crippen molar-refractivity contribution in [2.24, 2.45) is 0 Å². The number of aromatic nitrogens is 1. The van der Waals surface area contributed by atoms with Crippen LogP contribution in [0.15, 0.2) is 29.6 Å². The number of methoxy groups -OCH3 is 1. The number of hydrogen-bond acceptors (Lipinski definition) is 6. The van der Waals surface area contributed by atoms with Gasteiger partial charge in [0.2, 0.25) is 11.8 Å². The SMILES string of the molecule is COc1ccccc1CN1CCNC(=O)[C@H]1CC(=O)NCc1csc(C)n1. The van der Waals surface area contributed by atoms with E-state index >= 15 is 0 Å². The second-order valence-corrected chi connectivity index (χ2v) is 7.49. The highest BCUT2D eigenvalue weighted by Gasteiger charge is 2.32. The van der Waals surface area contributed by atoms with Gasteiger partial charge in [0.1, 0.15) is 5.75 Å². The molecule has 0 spiro atoms. The molecule has 0 aliphatic carbocycles. The maximum absolute atomic E-state index is 12.4. The molecule has 2 amide bonds. The van der Waals surface area contributed by atoms with E-state index in [0.29, 0.717) is 26.2 Å². The average Bonchev–Trinajstić information content (AvgIpc) is 3.08. The fraction of sp³-hybridized carbons (Fsp3) is 0.421. The minimum Gasteiger partial charge on any atom is -0.496 e. The van der Waals surface area contributed by atoms with E-state index < -0.39 is 6.04 Å². The standard InChI is InChI=1S/C19H24N4O3S/c1-13-22-15(12-27-13)10-21-18(24)9-16-19(25)20-7-8-23(16)11-14-5-3-4-6-17(14)26-2/h3-6,12,16H,7-11H2,1-2H3,(H,20,25)(H,21,24)/t16-/m1/s1. The number of ether oxygens (including phenoxy) is 1. The Hall–Kier alpha value is -2.45. The highest BCUT2D eigenvalue weighted by Crippen LogP contribution is 2.22. The molecule has 3 rings (SSSR count). The Balaban J connectivity index is 1.63. The lowest BCUT2D eigenvalue weighted by Gasteiger charge is -2.35. The van der Waals surface area contributed by atoms with Gasteiger partial charge >= 0.3 is 0 Å². The van der Waals surface area contributed by atoms with Crippen molar-refractivity contribution < 1.29 is 14.3 Å². The van der Waals surface area contributed by atoms with Crippen LogP contribution in [0, 0.1) is 6.92 Å². The Morgan fingerprint density at radius 3 is 3.00 bits per heavy atom. The number of thiazole rings is 1. The monoisotopic (exact) mass is 388 g/mol. The van der Waals surface area contributed by atoms with E-state index in [9.17, 15) is 9.59 Å². The minimum absolute atomic E-state index is 0.115. The van der Waals surface area contributed by atoms with Crippen LogP contribution in [0.25, 0.3) is 0 Å². The number of para-hydroxylation sites is 1. The quantitative estimate of drug-likeness (QED) is 0.750. The van der Waals surface area contributed by atoms with Gasteiger partial charge in [-0.1, -0.05) is 18.2 Å². The number of nitrogens with one attached hydrogen (secondary N) is 2. The Labute approximate surface area is 162 Å². The van der Waals surface area contributed by atoms with Crippen molar-refractivity contribution in [3.63, 3.8) is 0 Å². The fourth-order valence-electron chi connectivity index (χ4n) is 3.15. The molecule has 1 saturated heterocycles. The number of rotatable bonds is 7. The first-order chi connectivity index (χ1) is 13.1. The molecule has 2 heterocycles. The van der Waals surface area contributed by atoms with Crippen LogP contribution in [-0.4, -0.2) is 47.9 Å². The Kier molecular flexibility index (Phi) is 6.41. The smallest absolute Gasteiger partial charge is 0.237 e. The van der Waals surface area contributed by atoms with E-state index in [1.54, 1.807) is 18.4 Å². The Morgan fingerprint density at radius 2 is 2.26 bits per heavy atom. The molecule has 2 aromatic rings. The van der Waals surface area contributed by atoms with Crippen molar-refractivity contribution >= 4 is 23.2 Å². The molecule has 1 atom stereocenters. The number of carbonyl (C=O) groups excluding carboxylic acids is 2. The van der Waals surface area contributed by atoms with Crippen LogP contribution < -0.4 is 15.4 Å². The summed E-state index contributed by atoms with van der Waals surface area (Å²) in [7, 11) is 1.63. The zero-order valence-corrected chi connectivity index (χ0v) is 16.3. The van der Waals surface area contributed by atoms with Crippen LogP contribution in [0.2, 0.25) is 0 Å². The molecule has 144 valence electrons. The number of amides is 2. The minimum atomic E-state index is -0.499. The lowest BCUT2D eigenvalue weighted by atomic mass is 10.1. The predicted molar refractivity (Wildman–Crippen MR) is 104 cm³/mol. The second-order valence-electron chi connectivity index (χ2n) is 6.43. The van der Waals surface area contributed by atoms with Gasteiger partial charge in [0.15, 0.2) is 0 Å². The van der Waals surface area contributed by atoms with Crippen LogP contribution in [0.3, 0.4) is 0 Å². The van der Waals surface area contributed by atoms with Crippen LogP contribution in [0.4, 0.5) is 0 Å². The molecule has 27 heavy (non-hydrogen) atoms. The van der Waals surface area contributed by atoms with Gasteiger partial charge in [-0.2, -0.15) is 0 Å². The van der Waals surface area contributed by atoms with Gasteiger partial charge in [0, 0.05) is 30.6 Å². The predicted octanol–water partition coefficient (Wildman–Crippen LogP) is 1.47. The van der Waals surface area contributed by atoms with Crippen molar-refractivity contribution in [3.05, 3.63) is 45.9 Å². The van der Waals surface area contributed by atoms with Gasteiger partial charge in [-0.15, -0.1) is 11.3 Å². The summed E-state index contributed by atoms with van der Waals surface area (Å²) in [6.45, 7) is 4.12. The number of piperazine rings is 1. The highest BCUT2D eigenvalue weighted by atomic mass is 32.1. The molecule has 1 aromatic heterocycles. The number of hydrogen-bond donors (Lipinski definition) is 2. The lowest BCUT2D eigenvalue weighted by Crippen LogP contribution is -2.56. The molecule has 1 aromatic carbocycles. The zero-order chi connectivity index (χ0) is 19.2. The zero-order valence-electron chi connectivity index (χ0n) is 15.5. The summed E-state index contributed by atoms with van der Waals surface area (Å²) < 4.78 is 5.41. The summed E-state index contributed by atoms with van der Waals surface area (Å²) in [4.78, 5) is 31.1. The summed E-state index contributed by atoms with van der Waals surface area (Å²) in [6.07, 6.45) is 0.115. The molecule has 0 saturated carbocycles. The number of benzene rings is 1. The molecule has 1 fully saturated rings. The molecular formula is C19H24N4O3S. The Morgan fingerprint density at radius 1 is 1.44 bits per heavy atom. The molecule has 2 N–H and O–H groups in total. The highest BCUT2D eigenvalue weighted by molar-refractivity contribution is 7.09. The van der Waals surface area contributed by atoms with Crippen LogP contribution >= 0.6 is 11.3 Å². The third-order valence-electron chi connectivity index (χ3n) is 4.52. The summed E-state index contributed by atoms with van der Waals surface area (Å²) in [5.74, 6) is 0.508. The van der Waals surface area contributed by atoms with E-state index in [-0.39, 0.29) is 18.2 Å².